The number of hydrazone groups is 1. The van der Waals surface area contributed by atoms with Gasteiger partial charge in [0.15, 0.2) is 18.1 Å². The molecular formula is C21H25N3O3. The number of carbonyl (C=O) groups is 1. The van der Waals surface area contributed by atoms with E-state index in [-0.39, 0.29) is 12.5 Å². The van der Waals surface area contributed by atoms with Gasteiger partial charge in [-0.3, -0.25) is 4.79 Å². The van der Waals surface area contributed by atoms with Gasteiger partial charge in [-0.1, -0.05) is 24.3 Å². The van der Waals surface area contributed by atoms with Crippen molar-refractivity contribution >= 4 is 17.8 Å². The molecule has 142 valence electrons. The molecule has 1 saturated heterocycles. The predicted octanol–water partition coefficient (Wildman–Crippen LogP) is 3.21. The van der Waals surface area contributed by atoms with E-state index in [1.54, 1.807) is 25.5 Å². The summed E-state index contributed by atoms with van der Waals surface area (Å²) in [6.07, 6.45) is 5.46. The van der Waals surface area contributed by atoms with E-state index >= 15 is 0 Å². The summed E-state index contributed by atoms with van der Waals surface area (Å²) in [5, 5.41) is 3.99. The first-order valence-corrected chi connectivity index (χ1v) is 9.19. The van der Waals surface area contributed by atoms with Crippen molar-refractivity contribution in [2.75, 3.05) is 31.7 Å². The van der Waals surface area contributed by atoms with Crippen molar-refractivity contribution in [3.05, 3.63) is 54.1 Å². The minimum absolute atomic E-state index is 0.133. The van der Waals surface area contributed by atoms with Crippen molar-refractivity contribution in [1.82, 2.24) is 5.43 Å². The largest absolute Gasteiger partial charge is 0.493 e. The van der Waals surface area contributed by atoms with Crippen molar-refractivity contribution in [3.63, 3.8) is 0 Å². The summed E-state index contributed by atoms with van der Waals surface area (Å²) in [6, 6.07) is 15.4. The number of carbonyl (C=O) groups excluding carboxylic acids is 1. The van der Waals surface area contributed by atoms with E-state index in [0.29, 0.717) is 11.5 Å². The summed E-state index contributed by atoms with van der Waals surface area (Å²) in [5.41, 5.74) is 4.64. The Morgan fingerprint density at radius 1 is 1.07 bits per heavy atom. The Morgan fingerprint density at radius 3 is 2.48 bits per heavy atom. The molecule has 1 N–H and O–H groups in total. The molecule has 6 heteroatoms. The van der Waals surface area contributed by atoms with Gasteiger partial charge < -0.3 is 14.4 Å². The number of anilines is 1. The van der Waals surface area contributed by atoms with E-state index in [2.05, 4.69) is 27.6 Å². The number of piperidine rings is 1. The van der Waals surface area contributed by atoms with Gasteiger partial charge in [-0.2, -0.15) is 5.10 Å². The molecule has 1 aliphatic rings. The van der Waals surface area contributed by atoms with Gasteiger partial charge in [-0.15, -0.1) is 0 Å². The highest BCUT2D eigenvalue weighted by Crippen LogP contribution is 2.25. The number of hydrogen-bond acceptors (Lipinski definition) is 5. The van der Waals surface area contributed by atoms with Crippen LogP contribution in [0.1, 0.15) is 24.8 Å². The van der Waals surface area contributed by atoms with Gasteiger partial charge in [0.05, 0.1) is 13.3 Å². The number of nitrogens with one attached hydrogen (secondary N) is 1. The number of para-hydroxylation sites is 2. The SMILES string of the molecule is COc1ccccc1OCC(=O)N/N=C/c1ccc(N2CCCCC2)cc1. The van der Waals surface area contributed by atoms with E-state index in [9.17, 15) is 4.79 Å². The van der Waals surface area contributed by atoms with Gasteiger partial charge in [0, 0.05) is 18.8 Å². The van der Waals surface area contributed by atoms with Crippen molar-refractivity contribution in [1.29, 1.82) is 0 Å². The fourth-order valence-corrected chi connectivity index (χ4v) is 3.02. The van der Waals surface area contributed by atoms with Crippen LogP contribution in [0.5, 0.6) is 11.5 Å². The summed E-state index contributed by atoms with van der Waals surface area (Å²) in [6.45, 7) is 2.11. The second-order valence-electron chi connectivity index (χ2n) is 6.37. The number of ether oxygens (including phenoxy) is 2. The van der Waals surface area contributed by atoms with E-state index in [4.69, 9.17) is 9.47 Å². The molecule has 0 spiro atoms. The maximum absolute atomic E-state index is 11.9. The monoisotopic (exact) mass is 367 g/mol. The molecule has 1 heterocycles. The van der Waals surface area contributed by atoms with Gasteiger partial charge in [0.1, 0.15) is 0 Å². The molecular weight excluding hydrogens is 342 g/mol. The Hall–Kier alpha value is -3.02. The molecule has 0 aromatic heterocycles. The molecule has 0 unspecified atom stereocenters. The van der Waals surface area contributed by atoms with Crippen LogP contribution in [-0.4, -0.2) is 38.9 Å². The molecule has 3 rings (SSSR count). The molecule has 27 heavy (non-hydrogen) atoms. The average molecular weight is 367 g/mol. The molecule has 0 bridgehead atoms. The molecule has 1 aliphatic heterocycles. The van der Waals surface area contributed by atoms with Crippen LogP contribution in [0.3, 0.4) is 0 Å². The second kappa shape index (κ2) is 9.62. The molecule has 2 aromatic carbocycles. The van der Waals surface area contributed by atoms with Crippen molar-refractivity contribution in [3.8, 4) is 11.5 Å². The third-order valence-corrected chi connectivity index (χ3v) is 4.45. The molecule has 6 nitrogen and oxygen atoms in total. The van der Waals surface area contributed by atoms with Gasteiger partial charge in [-0.05, 0) is 49.1 Å². The van der Waals surface area contributed by atoms with E-state index in [1.165, 1.54) is 24.9 Å². The Morgan fingerprint density at radius 2 is 1.78 bits per heavy atom. The van der Waals surface area contributed by atoms with E-state index in [0.717, 1.165) is 18.7 Å². The summed E-state index contributed by atoms with van der Waals surface area (Å²) < 4.78 is 10.6. The number of nitrogens with zero attached hydrogens (tertiary/aromatic N) is 2. The van der Waals surface area contributed by atoms with E-state index < -0.39 is 0 Å². The highest BCUT2D eigenvalue weighted by Gasteiger charge is 2.10. The van der Waals surface area contributed by atoms with Crippen molar-refractivity contribution in [2.24, 2.45) is 5.10 Å². The number of hydrogen-bond donors (Lipinski definition) is 1. The quantitative estimate of drug-likeness (QED) is 0.603. The highest BCUT2D eigenvalue weighted by atomic mass is 16.5. The normalized spacial score (nSPS) is 14.2. The molecule has 0 radical (unpaired) electrons. The zero-order valence-corrected chi connectivity index (χ0v) is 15.6. The molecule has 1 fully saturated rings. The van der Waals surface area contributed by atoms with E-state index in [1.807, 2.05) is 24.3 Å². The standard InChI is InChI=1S/C21H25N3O3/c1-26-19-7-3-4-8-20(19)27-16-21(25)23-22-15-17-9-11-18(12-10-17)24-13-5-2-6-14-24/h3-4,7-12,15H,2,5-6,13-14,16H2,1H3,(H,23,25)/b22-15+. The Balaban J connectivity index is 1.46. The third-order valence-electron chi connectivity index (χ3n) is 4.45. The van der Waals surface area contributed by atoms with Gasteiger partial charge >= 0.3 is 0 Å². The summed E-state index contributed by atoms with van der Waals surface area (Å²) in [4.78, 5) is 14.3. The lowest BCUT2D eigenvalue weighted by Gasteiger charge is -2.28. The third kappa shape index (κ3) is 5.48. The number of amides is 1. The van der Waals surface area contributed by atoms with Gasteiger partial charge in [0.2, 0.25) is 0 Å². The molecule has 2 aromatic rings. The smallest absolute Gasteiger partial charge is 0.277 e. The number of methoxy groups -OCH3 is 1. The average Bonchev–Trinajstić information content (AvgIpc) is 2.73. The molecule has 0 saturated carbocycles. The fraction of sp³-hybridized carbons (Fsp3) is 0.333. The van der Waals surface area contributed by atoms with Crippen LogP contribution in [0.15, 0.2) is 53.6 Å². The Bertz CT molecular complexity index is 768. The summed E-state index contributed by atoms with van der Waals surface area (Å²) in [5.74, 6) is 0.775. The minimum Gasteiger partial charge on any atom is -0.493 e. The zero-order valence-electron chi connectivity index (χ0n) is 15.6. The topological polar surface area (TPSA) is 63.2 Å². The first kappa shape index (κ1) is 18.8. The predicted molar refractivity (Wildman–Crippen MR) is 107 cm³/mol. The van der Waals surface area contributed by atoms with Crippen LogP contribution in [0, 0.1) is 0 Å². The van der Waals surface area contributed by atoms with Crippen molar-refractivity contribution in [2.45, 2.75) is 19.3 Å². The number of rotatable bonds is 7. The van der Waals surface area contributed by atoms with Crippen LogP contribution in [-0.2, 0) is 4.79 Å². The van der Waals surface area contributed by atoms with Crippen molar-refractivity contribution < 1.29 is 14.3 Å². The fourth-order valence-electron chi connectivity index (χ4n) is 3.02. The summed E-state index contributed by atoms with van der Waals surface area (Å²) in [7, 11) is 1.56. The maximum Gasteiger partial charge on any atom is 0.277 e. The highest BCUT2D eigenvalue weighted by molar-refractivity contribution is 5.83. The lowest BCUT2D eigenvalue weighted by atomic mass is 10.1. The molecule has 0 aliphatic carbocycles. The summed E-state index contributed by atoms with van der Waals surface area (Å²) >= 11 is 0. The second-order valence-corrected chi connectivity index (χ2v) is 6.37. The van der Waals surface area contributed by atoms with Crippen LogP contribution in [0.4, 0.5) is 5.69 Å². The maximum atomic E-state index is 11.9. The van der Waals surface area contributed by atoms with Gasteiger partial charge in [-0.25, -0.2) is 5.43 Å². The zero-order chi connectivity index (χ0) is 18.9. The molecule has 1 amide bonds. The molecule has 0 atom stereocenters. The first-order chi connectivity index (χ1) is 13.3. The first-order valence-electron chi connectivity index (χ1n) is 9.19. The Labute approximate surface area is 159 Å². The van der Waals surface area contributed by atoms with Crippen LogP contribution < -0.4 is 19.8 Å². The Kier molecular flexibility index (Phi) is 6.68. The van der Waals surface area contributed by atoms with Gasteiger partial charge in [0.25, 0.3) is 5.91 Å². The number of benzene rings is 2. The van der Waals surface area contributed by atoms with Crippen LogP contribution >= 0.6 is 0 Å². The van der Waals surface area contributed by atoms with Crippen LogP contribution in [0.25, 0.3) is 0 Å². The minimum atomic E-state index is -0.331. The lowest BCUT2D eigenvalue weighted by Crippen LogP contribution is -2.29. The lowest BCUT2D eigenvalue weighted by molar-refractivity contribution is -0.123. The van der Waals surface area contributed by atoms with Crippen LogP contribution in [0.2, 0.25) is 0 Å².